The lowest BCUT2D eigenvalue weighted by atomic mass is 9.89. The Labute approximate surface area is 281 Å². The zero-order valence-corrected chi connectivity index (χ0v) is 27.6. The van der Waals surface area contributed by atoms with Crippen LogP contribution in [0.5, 0.6) is 0 Å². The molecule has 264 valence electrons. The van der Waals surface area contributed by atoms with Crippen molar-refractivity contribution in [1.29, 1.82) is 0 Å². The molecule has 2 aliphatic heterocycles. The molecule has 1 aliphatic carbocycles. The van der Waals surface area contributed by atoms with Gasteiger partial charge in [0.25, 0.3) is 42.1 Å². The smallest absolute Gasteiger partial charge is 0.363 e. The van der Waals surface area contributed by atoms with Crippen LogP contribution in [0, 0.1) is 0 Å². The minimum Gasteiger partial charge on any atom is -0.478 e. The van der Waals surface area contributed by atoms with Crippen molar-refractivity contribution in [3.8, 4) is 22.5 Å². The Morgan fingerprint density at radius 2 is 1.58 bits per heavy atom. The fourth-order valence-electron chi connectivity index (χ4n) is 5.23. The van der Waals surface area contributed by atoms with Crippen LogP contribution in [0.3, 0.4) is 0 Å². The van der Waals surface area contributed by atoms with Crippen LogP contribution in [0.15, 0.2) is 56.7 Å². The number of sulfonamides is 1. The van der Waals surface area contributed by atoms with Crippen LogP contribution in [0.1, 0.15) is 40.0 Å². The minimum absolute atomic E-state index is 0.179. The van der Waals surface area contributed by atoms with Gasteiger partial charge in [-0.25, -0.2) is 22.7 Å². The van der Waals surface area contributed by atoms with Gasteiger partial charge >= 0.3 is 11.9 Å². The first-order chi connectivity index (χ1) is 23.2. The molecule has 0 atom stereocenters. The van der Waals surface area contributed by atoms with Crippen LogP contribution >= 0.6 is 0 Å². The quantitative estimate of drug-likeness (QED) is 0.0358. The molecular weight excluding hydrogens is 729 g/mol. The molecule has 2 aromatic carbocycles. The molecule has 5 rings (SSSR count). The maximum absolute atomic E-state index is 13.6. The second-order valence-electron chi connectivity index (χ2n) is 10.7. The van der Waals surface area contributed by atoms with Crippen molar-refractivity contribution in [3.63, 3.8) is 0 Å². The number of hydroxylamine groups is 2. The number of carbonyl (C=O) groups excluding carboxylic acids is 3. The fourth-order valence-corrected chi connectivity index (χ4v) is 7.82. The average Bonchev–Trinajstić information content (AvgIpc) is 3.32. The summed E-state index contributed by atoms with van der Waals surface area (Å²) in [5.74, 6) is -5.98. The number of benzene rings is 3. The lowest BCUT2D eigenvalue weighted by Gasteiger charge is -2.20. The van der Waals surface area contributed by atoms with E-state index in [-0.39, 0.29) is 46.4 Å². The Bertz CT molecular complexity index is 2490. The second-order valence-corrected chi connectivity index (χ2v) is 15.4. The zero-order chi connectivity index (χ0) is 36.9. The normalized spacial score (nSPS) is 14.1. The lowest BCUT2D eigenvalue weighted by molar-refractivity contribution is -0.176. The Hall–Kier alpha value is -5.26. The van der Waals surface area contributed by atoms with Gasteiger partial charge in [0, 0.05) is 42.0 Å². The number of anilines is 1. The van der Waals surface area contributed by atoms with Crippen molar-refractivity contribution in [3.05, 3.63) is 58.9 Å². The highest BCUT2D eigenvalue weighted by Crippen LogP contribution is 2.45. The monoisotopic (exact) mass is 753 g/mol. The first-order valence-corrected chi connectivity index (χ1v) is 18.5. The van der Waals surface area contributed by atoms with E-state index >= 15 is 0 Å². The number of amides is 2. The van der Waals surface area contributed by atoms with Crippen LogP contribution in [0.25, 0.3) is 33.4 Å². The predicted molar refractivity (Wildman–Crippen MR) is 167 cm³/mol. The summed E-state index contributed by atoms with van der Waals surface area (Å²) < 4.78 is 101. The number of hydrogen-bond donors (Lipinski definition) is 6. The molecule has 0 bridgehead atoms. The van der Waals surface area contributed by atoms with E-state index in [4.69, 9.17) is 25.0 Å². The van der Waals surface area contributed by atoms with Crippen LogP contribution in [-0.4, -0.2) is 80.6 Å². The van der Waals surface area contributed by atoms with E-state index in [1.165, 1.54) is 12.1 Å². The highest BCUT2D eigenvalue weighted by atomic mass is 32.2. The third-order valence-electron chi connectivity index (χ3n) is 7.36. The van der Waals surface area contributed by atoms with Crippen molar-refractivity contribution in [2.45, 2.75) is 29.1 Å². The van der Waals surface area contributed by atoms with Crippen LogP contribution in [0.2, 0.25) is 0 Å². The molecular formula is C28H25N4O15S3+. The SMILES string of the molecule is Nc1ccc2c(-c3ccc(C(=O)ON4C(=O)CCC4=O)cc3C(=O)O)c3ccc(=[NH2+])c(S(=O)(=O)NCCCS(=O)(=O)O)c-3oc2c1S(=O)(=O)O. The van der Waals surface area contributed by atoms with Gasteiger partial charge in [0.05, 0.1) is 22.6 Å². The van der Waals surface area contributed by atoms with E-state index < -0.39 is 110 Å². The summed E-state index contributed by atoms with van der Waals surface area (Å²) in [6.07, 6.45) is -0.791. The highest BCUT2D eigenvalue weighted by molar-refractivity contribution is 7.89. The molecule has 0 spiro atoms. The summed E-state index contributed by atoms with van der Waals surface area (Å²) in [6, 6.07) is 7.57. The summed E-state index contributed by atoms with van der Waals surface area (Å²) in [5.41, 5.74) is 2.89. The van der Waals surface area contributed by atoms with Gasteiger partial charge < -0.3 is 20.1 Å². The number of aromatic carboxylic acids is 1. The summed E-state index contributed by atoms with van der Waals surface area (Å²) >= 11 is 0. The largest absolute Gasteiger partial charge is 0.478 e. The van der Waals surface area contributed by atoms with Crippen molar-refractivity contribution in [2.75, 3.05) is 18.0 Å². The molecule has 8 N–H and O–H groups in total. The second kappa shape index (κ2) is 12.9. The molecule has 0 aromatic heterocycles. The number of carbonyl (C=O) groups is 4. The summed E-state index contributed by atoms with van der Waals surface area (Å²) in [5, 5.41) is 15.9. The lowest BCUT2D eigenvalue weighted by Crippen LogP contribution is -2.49. The van der Waals surface area contributed by atoms with Gasteiger partial charge in [-0.1, -0.05) is 6.07 Å². The van der Waals surface area contributed by atoms with Gasteiger partial charge in [-0.3, -0.25) is 24.1 Å². The topological polar surface area (TPSA) is 321 Å². The number of nitrogen functional groups attached to an aromatic ring is 1. The standard InChI is InChI=1S/C28H24N4O15S3/c29-18-6-4-15-22(14-3-2-13(12-17(14)27(35)36)28(37)47-32-20(33)8-9-21(32)34)16-5-7-19(30)26(50(43,44)45)24(16)46-23(15)25(18)49(41,42)31-10-1-11-48(38,39)40/h2-7,12,29,31H,1,8-11,30H2,(H,35,36)(H,38,39,40)(H,43,44,45)/p+1. The number of nitrogens with one attached hydrogen (secondary N) is 1. The van der Waals surface area contributed by atoms with Gasteiger partial charge in [-0.05, 0) is 42.3 Å². The molecule has 0 saturated carbocycles. The van der Waals surface area contributed by atoms with E-state index in [1.807, 2.05) is 0 Å². The molecule has 3 aliphatic rings. The number of fused-ring (bicyclic) bond motifs is 2. The zero-order valence-electron chi connectivity index (χ0n) is 25.1. The first kappa shape index (κ1) is 36.0. The highest BCUT2D eigenvalue weighted by Gasteiger charge is 2.35. The van der Waals surface area contributed by atoms with E-state index in [0.29, 0.717) is 0 Å². The summed E-state index contributed by atoms with van der Waals surface area (Å²) in [6.45, 7) is -0.531. The maximum Gasteiger partial charge on any atom is 0.363 e. The number of carboxylic acid groups (broad SMARTS) is 1. The Balaban J connectivity index is 1.78. The molecule has 22 heteroatoms. The molecule has 50 heavy (non-hydrogen) atoms. The van der Waals surface area contributed by atoms with Crippen LogP contribution in [-0.2, 0) is 44.7 Å². The molecule has 2 heterocycles. The van der Waals surface area contributed by atoms with E-state index in [9.17, 15) is 54.1 Å². The molecule has 2 amide bonds. The number of rotatable bonds is 11. The van der Waals surface area contributed by atoms with E-state index in [0.717, 1.165) is 30.3 Å². The molecule has 1 saturated heterocycles. The number of imide groups is 1. The maximum atomic E-state index is 13.6. The van der Waals surface area contributed by atoms with Gasteiger partial charge in [-0.15, -0.1) is 5.06 Å². The van der Waals surface area contributed by atoms with Gasteiger partial charge in [0.2, 0.25) is 5.36 Å². The summed E-state index contributed by atoms with van der Waals surface area (Å²) in [7, 11) is -14.4. The Morgan fingerprint density at radius 1 is 0.940 bits per heavy atom. The van der Waals surface area contributed by atoms with E-state index in [2.05, 4.69) is 4.72 Å². The molecule has 2 aromatic rings. The average molecular weight is 754 g/mol. The van der Waals surface area contributed by atoms with Gasteiger partial charge in [0.15, 0.2) is 21.1 Å². The van der Waals surface area contributed by atoms with E-state index in [1.54, 1.807) is 0 Å². The van der Waals surface area contributed by atoms with Crippen molar-refractivity contribution in [1.82, 2.24) is 9.79 Å². The molecule has 1 fully saturated rings. The Kier molecular flexibility index (Phi) is 9.29. The van der Waals surface area contributed by atoms with Crippen LogP contribution < -0.4 is 21.2 Å². The molecule has 0 unspecified atom stereocenters. The number of nitrogens with zero attached hydrogens (tertiary/aromatic N) is 1. The van der Waals surface area contributed by atoms with Crippen molar-refractivity contribution >= 4 is 70.7 Å². The molecule has 0 radical (unpaired) electrons. The summed E-state index contributed by atoms with van der Waals surface area (Å²) in [4.78, 5) is 52.4. The first-order valence-electron chi connectivity index (χ1n) is 14.0. The van der Waals surface area contributed by atoms with Crippen molar-refractivity contribution in [2.24, 2.45) is 0 Å². The van der Waals surface area contributed by atoms with Gasteiger partial charge in [-0.2, -0.15) is 16.8 Å². The van der Waals surface area contributed by atoms with Crippen LogP contribution in [0.4, 0.5) is 5.69 Å². The number of nitrogens with two attached hydrogens (primary N) is 2. The molecule has 19 nitrogen and oxygen atoms in total. The minimum atomic E-state index is -5.22. The fraction of sp³-hybridized carbons (Fsp3) is 0.179. The third-order valence-corrected chi connectivity index (χ3v) is 10.6. The third kappa shape index (κ3) is 6.92. The van der Waals surface area contributed by atoms with Crippen molar-refractivity contribution < 1.29 is 73.3 Å². The Morgan fingerprint density at radius 3 is 2.18 bits per heavy atom. The predicted octanol–water partition coefficient (Wildman–Crippen LogP) is -0.831. The van der Waals surface area contributed by atoms with Gasteiger partial charge in [0.1, 0.15) is 0 Å². The number of hydrogen-bond acceptors (Lipinski definition) is 13. The number of carboxylic acids is 1.